The van der Waals surface area contributed by atoms with Crippen molar-refractivity contribution >= 4 is 21.8 Å². The van der Waals surface area contributed by atoms with Crippen molar-refractivity contribution in [2.75, 3.05) is 6.54 Å². The van der Waals surface area contributed by atoms with Gasteiger partial charge in [0.05, 0.1) is 10.6 Å². The van der Waals surface area contributed by atoms with E-state index in [-0.39, 0.29) is 24.8 Å². The number of carbonyl (C=O) groups is 1. The van der Waals surface area contributed by atoms with Crippen LogP contribution in [-0.2, 0) is 6.61 Å². The Bertz CT molecular complexity index is 950. The van der Waals surface area contributed by atoms with E-state index in [0.29, 0.717) is 17.4 Å². The molecule has 0 aliphatic carbocycles. The molecule has 1 heterocycles. The molecule has 3 aromatic rings. The summed E-state index contributed by atoms with van der Waals surface area (Å²) in [4.78, 5) is 12.3. The number of aliphatic hydroxyl groups excluding tert-OH is 1. The molecule has 29 heavy (non-hydrogen) atoms. The van der Waals surface area contributed by atoms with Crippen LogP contribution in [0.5, 0.6) is 5.75 Å². The molecule has 0 bridgehead atoms. The quantitative estimate of drug-likeness (QED) is 0.486. The van der Waals surface area contributed by atoms with Gasteiger partial charge in [0.15, 0.2) is 5.76 Å². The molecule has 0 fully saturated rings. The van der Waals surface area contributed by atoms with Crippen molar-refractivity contribution in [3.8, 4) is 5.75 Å². The lowest BCUT2D eigenvalue weighted by Gasteiger charge is -2.13. The van der Waals surface area contributed by atoms with Crippen molar-refractivity contribution in [1.82, 2.24) is 5.32 Å². The van der Waals surface area contributed by atoms with Gasteiger partial charge in [0.25, 0.3) is 5.91 Å². The predicted molar refractivity (Wildman–Crippen MR) is 115 cm³/mol. The fourth-order valence-electron chi connectivity index (χ4n) is 2.79. The molecule has 0 aliphatic rings. The summed E-state index contributed by atoms with van der Waals surface area (Å²) in [5, 5.41) is 13.0. The molecule has 0 saturated carbocycles. The average Bonchev–Trinajstić information content (AvgIpc) is 3.20. The summed E-state index contributed by atoms with van der Waals surface area (Å²) in [6.45, 7) is 4.55. The number of ether oxygens (including phenoxy) is 1. The summed E-state index contributed by atoms with van der Waals surface area (Å²) in [5.41, 5.74) is 1.97. The minimum absolute atomic E-state index is 0.101. The molecule has 2 N–H and O–H groups in total. The number of furan rings is 1. The molecule has 152 valence electrons. The van der Waals surface area contributed by atoms with Gasteiger partial charge in [-0.2, -0.15) is 0 Å². The zero-order chi connectivity index (χ0) is 20.8. The van der Waals surface area contributed by atoms with Crippen molar-refractivity contribution in [2.45, 2.75) is 32.5 Å². The van der Waals surface area contributed by atoms with Gasteiger partial charge in [-0.1, -0.05) is 50.2 Å². The van der Waals surface area contributed by atoms with Gasteiger partial charge in [0, 0.05) is 6.54 Å². The molecular weight excluding hydrogens is 434 g/mol. The summed E-state index contributed by atoms with van der Waals surface area (Å²) < 4.78 is 12.1. The van der Waals surface area contributed by atoms with Crippen LogP contribution in [0, 0.1) is 0 Å². The average molecular weight is 458 g/mol. The monoisotopic (exact) mass is 457 g/mol. The SMILES string of the molecule is CC(C)c1ccc(C(O)CNC(=O)c2ccc(COc3ccccc3Br)o2)cc1. The first-order valence-electron chi connectivity index (χ1n) is 9.46. The molecular formula is C23H24BrNO4. The highest BCUT2D eigenvalue weighted by molar-refractivity contribution is 9.10. The number of amides is 1. The maximum Gasteiger partial charge on any atom is 0.287 e. The molecule has 5 nitrogen and oxygen atoms in total. The molecule has 0 aliphatic heterocycles. The van der Waals surface area contributed by atoms with Crippen LogP contribution in [0.15, 0.2) is 69.6 Å². The number of hydrogen-bond acceptors (Lipinski definition) is 4. The van der Waals surface area contributed by atoms with E-state index in [1.807, 2.05) is 48.5 Å². The Balaban J connectivity index is 1.51. The summed E-state index contributed by atoms with van der Waals surface area (Å²) in [6, 6.07) is 18.6. The van der Waals surface area contributed by atoms with Crippen LogP contribution in [-0.4, -0.2) is 17.6 Å². The fraction of sp³-hybridized carbons (Fsp3) is 0.261. The van der Waals surface area contributed by atoms with Crippen molar-refractivity contribution in [2.24, 2.45) is 0 Å². The van der Waals surface area contributed by atoms with Gasteiger partial charge < -0.3 is 19.6 Å². The molecule has 1 amide bonds. The molecule has 2 aromatic carbocycles. The van der Waals surface area contributed by atoms with Gasteiger partial charge in [-0.05, 0) is 57.2 Å². The first-order valence-corrected chi connectivity index (χ1v) is 10.3. The highest BCUT2D eigenvalue weighted by atomic mass is 79.9. The zero-order valence-corrected chi connectivity index (χ0v) is 18.0. The van der Waals surface area contributed by atoms with E-state index >= 15 is 0 Å². The second kappa shape index (κ2) is 9.76. The van der Waals surface area contributed by atoms with Crippen molar-refractivity contribution in [1.29, 1.82) is 0 Å². The first-order chi connectivity index (χ1) is 13.9. The number of hydrogen-bond donors (Lipinski definition) is 2. The van der Waals surface area contributed by atoms with E-state index in [1.165, 1.54) is 5.56 Å². The van der Waals surface area contributed by atoms with Crippen molar-refractivity contribution in [3.63, 3.8) is 0 Å². The van der Waals surface area contributed by atoms with E-state index < -0.39 is 6.10 Å². The molecule has 0 saturated heterocycles. The summed E-state index contributed by atoms with van der Waals surface area (Å²) in [6.07, 6.45) is -0.784. The third-order valence-corrected chi connectivity index (χ3v) is 5.19. The standard InChI is InChI=1S/C23H24BrNO4/c1-15(2)16-7-9-17(10-8-16)20(26)13-25-23(27)22-12-11-18(29-22)14-28-21-6-4-3-5-19(21)24/h3-12,15,20,26H,13-14H2,1-2H3,(H,25,27). The van der Waals surface area contributed by atoms with Gasteiger partial charge in [-0.15, -0.1) is 0 Å². The number of carbonyl (C=O) groups excluding carboxylic acids is 1. The predicted octanol–water partition coefficient (Wildman–Crippen LogP) is 5.21. The smallest absolute Gasteiger partial charge is 0.287 e. The van der Waals surface area contributed by atoms with E-state index in [2.05, 4.69) is 35.1 Å². The Hall–Kier alpha value is -2.57. The van der Waals surface area contributed by atoms with E-state index in [9.17, 15) is 9.90 Å². The normalized spacial score (nSPS) is 12.0. The summed E-state index contributed by atoms with van der Waals surface area (Å²) in [7, 11) is 0. The number of nitrogens with one attached hydrogen (secondary N) is 1. The van der Waals surface area contributed by atoms with Crippen LogP contribution < -0.4 is 10.1 Å². The molecule has 3 rings (SSSR count). The third kappa shape index (κ3) is 5.71. The minimum atomic E-state index is -0.784. The number of aliphatic hydroxyl groups is 1. The van der Waals surface area contributed by atoms with Crippen LogP contribution in [0.2, 0.25) is 0 Å². The molecule has 0 spiro atoms. The lowest BCUT2D eigenvalue weighted by molar-refractivity contribution is 0.0885. The Labute approximate surface area is 178 Å². The number of para-hydroxylation sites is 1. The number of rotatable bonds is 8. The van der Waals surface area contributed by atoms with Crippen molar-refractivity contribution < 1.29 is 19.1 Å². The van der Waals surface area contributed by atoms with Crippen LogP contribution in [0.1, 0.15) is 53.3 Å². The zero-order valence-electron chi connectivity index (χ0n) is 16.4. The highest BCUT2D eigenvalue weighted by Gasteiger charge is 2.15. The van der Waals surface area contributed by atoms with Gasteiger partial charge >= 0.3 is 0 Å². The van der Waals surface area contributed by atoms with Crippen molar-refractivity contribution in [3.05, 3.63) is 87.8 Å². The second-order valence-electron chi connectivity index (χ2n) is 7.03. The molecule has 1 unspecified atom stereocenters. The third-order valence-electron chi connectivity index (χ3n) is 4.54. The van der Waals surface area contributed by atoms with E-state index in [1.54, 1.807) is 12.1 Å². The Morgan fingerprint density at radius 3 is 2.45 bits per heavy atom. The van der Waals surface area contributed by atoms with E-state index in [0.717, 1.165) is 10.0 Å². The van der Waals surface area contributed by atoms with Gasteiger partial charge in [-0.25, -0.2) is 0 Å². The minimum Gasteiger partial charge on any atom is -0.484 e. The summed E-state index contributed by atoms with van der Waals surface area (Å²) in [5.74, 6) is 1.46. The molecule has 1 atom stereocenters. The molecule has 0 radical (unpaired) electrons. The van der Waals surface area contributed by atoms with Gasteiger partial charge in [0.1, 0.15) is 18.1 Å². The lowest BCUT2D eigenvalue weighted by Crippen LogP contribution is -2.28. The Morgan fingerprint density at radius 2 is 1.76 bits per heavy atom. The maximum absolute atomic E-state index is 12.3. The van der Waals surface area contributed by atoms with Crippen LogP contribution in [0.25, 0.3) is 0 Å². The summed E-state index contributed by atoms with van der Waals surface area (Å²) >= 11 is 3.42. The Kier molecular flexibility index (Phi) is 7.12. The Morgan fingerprint density at radius 1 is 1.07 bits per heavy atom. The fourth-order valence-corrected chi connectivity index (χ4v) is 3.18. The molecule has 6 heteroatoms. The topological polar surface area (TPSA) is 71.7 Å². The number of benzene rings is 2. The molecule has 1 aromatic heterocycles. The largest absolute Gasteiger partial charge is 0.484 e. The number of halogens is 1. The first kappa shape index (κ1) is 21.1. The highest BCUT2D eigenvalue weighted by Crippen LogP contribution is 2.25. The van der Waals surface area contributed by atoms with Crippen LogP contribution in [0.4, 0.5) is 0 Å². The van der Waals surface area contributed by atoms with E-state index in [4.69, 9.17) is 9.15 Å². The van der Waals surface area contributed by atoms with Gasteiger partial charge in [0.2, 0.25) is 0 Å². The lowest BCUT2D eigenvalue weighted by atomic mass is 10.00. The van der Waals surface area contributed by atoms with Crippen LogP contribution >= 0.6 is 15.9 Å². The maximum atomic E-state index is 12.3. The second-order valence-corrected chi connectivity index (χ2v) is 7.89. The van der Waals surface area contributed by atoms with Crippen LogP contribution in [0.3, 0.4) is 0 Å². The van der Waals surface area contributed by atoms with Gasteiger partial charge in [-0.3, -0.25) is 4.79 Å².